The van der Waals surface area contributed by atoms with E-state index in [-0.39, 0.29) is 12.3 Å². The van der Waals surface area contributed by atoms with Crippen LogP contribution in [0.2, 0.25) is 0 Å². The quantitative estimate of drug-likeness (QED) is 0.768. The average Bonchev–Trinajstić information content (AvgIpc) is 2.79. The Kier molecular flexibility index (Phi) is 3.94. The molecular formula is C14H14N4O. The van der Waals surface area contributed by atoms with Crippen molar-refractivity contribution in [2.24, 2.45) is 0 Å². The highest BCUT2D eigenvalue weighted by molar-refractivity contribution is 5.26. The summed E-state index contributed by atoms with van der Waals surface area (Å²) in [7, 11) is 0. The largest absolute Gasteiger partial charge is 0.487 e. The number of allylic oxidation sites excluding steroid dienone is 1. The number of hydrogen-bond acceptors (Lipinski definition) is 4. The van der Waals surface area contributed by atoms with Gasteiger partial charge in [-0.2, -0.15) is 5.26 Å². The molecule has 19 heavy (non-hydrogen) atoms. The van der Waals surface area contributed by atoms with Gasteiger partial charge >= 0.3 is 0 Å². The van der Waals surface area contributed by atoms with Crippen LogP contribution >= 0.6 is 0 Å². The standard InChI is InChI=1S/C14H14N4O/c1-11(2)9-18-14(13(8-15)16-17-18)10-19-12-6-4-3-5-7-12/h3-7H,1,9-10H2,2H3. The van der Waals surface area contributed by atoms with Crippen LogP contribution in [0.25, 0.3) is 0 Å². The third-order valence-electron chi connectivity index (χ3n) is 2.48. The second kappa shape index (κ2) is 5.83. The van der Waals surface area contributed by atoms with Crippen molar-refractivity contribution in [2.75, 3.05) is 0 Å². The van der Waals surface area contributed by atoms with Crippen molar-refractivity contribution >= 4 is 0 Å². The highest BCUT2D eigenvalue weighted by Gasteiger charge is 2.13. The molecule has 0 aliphatic carbocycles. The van der Waals surface area contributed by atoms with Crippen molar-refractivity contribution in [3.8, 4) is 11.8 Å². The summed E-state index contributed by atoms with van der Waals surface area (Å²) in [5.74, 6) is 0.745. The molecule has 0 bridgehead atoms. The molecule has 0 aliphatic rings. The Morgan fingerprint density at radius 2 is 2.16 bits per heavy atom. The molecule has 0 aliphatic heterocycles. The predicted octanol–water partition coefficient (Wildman–Crippen LogP) is 2.30. The van der Waals surface area contributed by atoms with Crippen molar-refractivity contribution in [2.45, 2.75) is 20.1 Å². The zero-order valence-electron chi connectivity index (χ0n) is 10.7. The fourth-order valence-corrected chi connectivity index (χ4v) is 1.61. The van der Waals surface area contributed by atoms with E-state index in [4.69, 9.17) is 10.00 Å². The number of nitrogens with zero attached hydrogens (tertiary/aromatic N) is 4. The monoisotopic (exact) mass is 254 g/mol. The van der Waals surface area contributed by atoms with E-state index in [0.29, 0.717) is 12.2 Å². The molecule has 0 amide bonds. The summed E-state index contributed by atoms with van der Waals surface area (Å²) in [6.07, 6.45) is 0. The summed E-state index contributed by atoms with van der Waals surface area (Å²) in [4.78, 5) is 0. The highest BCUT2D eigenvalue weighted by atomic mass is 16.5. The summed E-state index contributed by atoms with van der Waals surface area (Å²) < 4.78 is 7.28. The maximum Gasteiger partial charge on any atom is 0.189 e. The topological polar surface area (TPSA) is 63.7 Å². The average molecular weight is 254 g/mol. The number of hydrogen-bond donors (Lipinski definition) is 0. The minimum atomic E-state index is 0.257. The first-order valence-corrected chi connectivity index (χ1v) is 5.85. The van der Waals surface area contributed by atoms with Crippen molar-refractivity contribution in [3.05, 3.63) is 53.9 Å². The van der Waals surface area contributed by atoms with E-state index in [1.54, 1.807) is 4.68 Å². The predicted molar refractivity (Wildman–Crippen MR) is 70.3 cm³/mol. The molecule has 0 fully saturated rings. The number of benzene rings is 1. The number of nitriles is 1. The van der Waals surface area contributed by atoms with Crippen LogP contribution in [0.3, 0.4) is 0 Å². The van der Waals surface area contributed by atoms with E-state index in [1.807, 2.05) is 43.3 Å². The van der Waals surface area contributed by atoms with E-state index in [0.717, 1.165) is 11.3 Å². The molecule has 5 heteroatoms. The van der Waals surface area contributed by atoms with E-state index < -0.39 is 0 Å². The number of rotatable bonds is 5. The molecule has 0 saturated heterocycles. The molecule has 1 aromatic carbocycles. The van der Waals surface area contributed by atoms with Gasteiger partial charge in [-0.1, -0.05) is 35.6 Å². The third kappa shape index (κ3) is 3.19. The number of ether oxygens (including phenoxy) is 1. The lowest BCUT2D eigenvalue weighted by molar-refractivity contribution is 0.292. The van der Waals surface area contributed by atoms with Crippen LogP contribution in [-0.4, -0.2) is 15.0 Å². The van der Waals surface area contributed by atoms with Gasteiger partial charge in [0.15, 0.2) is 5.69 Å². The first kappa shape index (κ1) is 12.8. The molecule has 0 radical (unpaired) electrons. The zero-order chi connectivity index (χ0) is 13.7. The zero-order valence-corrected chi connectivity index (χ0v) is 10.7. The molecule has 5 nitrogen and oxygen atoms in total. The minimum Gasteiger partial charge on any atom is -0.487 e. The molecule has 96 valence electrons. The van der Waals surface area contributed by atoms with Crippen molar-refractivity contribution in [1.82, 2.24) is 15.0 Å². The lowest BCUT2D eigenvalue weighted by Gasteiger charge is -2.08. The molecule has 2 aromatic rings. The van der Waals surface area contributed by atoms with Crippen LogP contribution in [0.5, 0.6) is 5.75 Å². The smallest absolute Gasteiger partial charge is 0.189 e. The van der Waals surface area contributed by atoms with Gasteiger partial charge in [-0.05, 0) is 19.1 Å². The summed E-state index contributed by atoms with van der Waals surface area (Å²) >= 11 is 0. The van der Waals surface area contributed by atoms with Crippen LogP contribution < -0.4 is 4.74 Å². The van der Waals surface area contributed by atoms with Gasteiger partial charge in [-0.15, -0.1) is 5.10 Å². The summed E-state index contributed by atoms with van der Waals surface area (Å²) in [5, 5.41) is 16.8. The SMILES string of the molecule is C=C(C)Cn1nnc(C#N)c1COc1ccccc1. The highest BCUT2D eigenvalue weighted by Crippen LogP contribution is 2.13. The van der Waals surface area contributed by atoms with Crippen molar-refractivity contribution in [3.63, 3.8) is 0 Å². The van der Waals surface area contributed by atoms with Crippen molar-refractivity contribution < 1.29 is 4.74 Å². The summed E-state index contributed by atoms with van der Waals surface area (Å²) in [5.41, 5.74) is 1.89. The van der Waals surface area contributed by atoms with Gasteiger partial charge < -0.3 is 4.74 Å². The van der Waals surface area contributed by atoms with Crippen molar-refractivity contribution in [1.29, 1.82) is 5.26 Å². The molecule has 1 heterocycles. The fourth-order valence-electron chi connectivity index (χ4n) is 1.61. The minimum absolute atomic E-state index is 0.257. The molecule has 0 unspecified atom stereocenters. The van der Waals surface area contributed by atoms with E-state index >= 15 is 0 Å². The van der Waals surface area contributed by atoms with Crippen LogP contribution in [0.1, 0.15) is 18.3 Å². The Balaban J connectivity index is 2.16. The number of aromatic nitrogens is 3. The van der Waals surface area contributed by atoms with Gasteiger partial charge in [-0.25, -0.2) is 4.68 Å². The lowest BCUT2D eigenvalue weighted by atomic mass is 10.3. The number of para-hydroxylation sites is 1. The van der Waals surface area contributed by atoms with E-state index in [2.05, 4.69) is 16.9 Å². The van der Waals surface area contributed by atoms with Crippen LogP contribution in [0.15, 0.2) is 42.5 Å². The van der Waals surface area contributed by atoms with Gasteiger partial charge in [0.2, 0.25) is 0 Å². The Morgan fingerprint density at radius 3 is 2.79 bits per heavy atom. The van der Waals surface area contributed by atoms with Crippen LogP contribution in [0.4, 0.5) is 0 Å². The second-order valence-corrected chi connectivity index (χ2v) is 4.21. The van der Waals surface area contributed by atoms with Gasteiger partial charge in [0.25, 0.3) is 0 Å². The third-order valence-corrected chi connectivity index (χ3v) is 2.48. The molecule has 0 N–H and O–H groups in total. The van der Waals surface area contributed by atoms with Gasteiger partial charge in [0.1, 0.15) is 24.1 Å². The van der Waals surface area contributed by atoms with Gasteiger partial charge in [0.05, 0.1) is 6.54 Å². The van der Waals surface area contributed by atoms with Gasteiger partial charge in [0, 0.05) is 0 Å². The Morgan fingerprint density at radius 1 is 1.42 bits per heavy atom. The Bertz CT molecular complexity index is 610. The lowest BCUT2D eigenvalue weighted by Crippen LogP contribution is -2.09. The fraction of sp³-hybridized carbons (Fsp3) is 0.214. The second-order valence-electron chi connectivity index (χ2n) is 4.21. The first-order chi connectivity index (χ1) is 9.20. The molecule has 2 rings (SSSR count). The molecule has 0 atom stereocenters. The Hall–Kier alpha value is -2.61. The van der Waals surface area contributed by atoms with Crippen LogP contribution in [0, 0.1) is 11.3 Å². The normalized spacial score (nSPS) is 9.89. The summed E-state index contributed by atoms with van der Waals surface area (Å²) in [6, 6.07) is 11.4. The van der Waals surface area contributed by atoms with Gasteiger partial charge in [-0.3, -0.25) is 0 Å². The maximum absolute atomic E-state index is 9.02. The van der Waals surface area contributed by atoms with Crippen LogP contribution in [-0.2, 0) is 13.2 Å². The molecular weight excluding hydrogens is 240 g/mol. The Labute approximate surface area is 111 Å². The summed E-state index contributed by atoms with van der Waals surface area (Å²) in [6.45, 7) is 6.52. The molecule has 0 spiro atoms. The van der Waals surface area contributed by atoms with E-state index in [1.165, 1.54) is 0 Å². The molecule has 1 aromatic heterocycles. The van der Waals surface area contributed by atoms with E-state index in [9.17, 15) is 0 Å². The maximum atomic E-state index is 9.02. The molecule has 0 saturated carbocycles. The first-order valence-electron chi connectivity index (χ1n) is 5.85.